The van der Waals surface area contributed by atoms with Crippen molar-refractivity contribution in [1.82, 2.24) is 14.5 Å². The summed E-state index contributed by atoms with van der Waals surface area (Å²) in [6.07, 6.45) is 4.92. The molecule has 0 aliphatic rings. The molecule has 122 valence electrons. The number of nitrogen functional groups attached to an aromatic ring is 1. The van der Waals surface area contributed by atoms with Gasteiger partial charge in [-0.3, -0.25) is 4.79 Å². The summed E-state index contributed by atoms with van der Waals surface area (Å²) in [6.45, 7) is 4.00. The first-order chi connectivity index (χ1) is 10.6. The Morgan fingerprint density at radius 2 is 1.96 bits per heavy atom. The van der Waals surface area contributed by atoms with E-state index in [1.165, 1.54) is 10.6 Å². The molecule has 3 aromatic rings. The minimum absolute atomic E-state index is 0. The van der Waals surface area contributed by atoms with E-state index >= 15 is 0 Å². The summed E-state index contributed by atoms with van der Waals surface area (Å²) in [5.41, 5.74) is 7.74. The molecule has 0 amide bonds. The Kier molecular flexibility index (Phi) is 6.26. The molecule has 0 spiro atoms. The second-order valence-corrected chi connectivity index (χ2v) is 4.33. The average Bonchev–Trinajstić information content (AvgIpc) is 3.06. The monoisotopic (exact) mass is 314 g/mol. The van der Waals surface area contributed by atoms with Crippen molar-refractivity contribution >= 4 is 5.95 Å². The maximum absolute atomic E-state index is 11.5. The van der Waals surface area contributed by atoms with Crippen molar-refractivity contribution in [2.45, 2.75) is 21.3 Å². The van der Waals surface area contributed by atoms with Gasteiger partial charge < -0.3 is 14.7 Å². The average molecular weight is 314 g/mol. The van der Waals surface area contributed by atoms with Gasteiger partial charge in [-0.25, -0.2) is 9.97 Å². The number of hydrogen-bond donors (Lipinski definition) is 1. The van der Waals surface area contributed by atoms with Crippen LogP contribution in [-0.4, -0.2) is 14.5 Å². The lowest BCUT2D eigenvalue weighted by Gasteiger charge is -2.08. The normalized spacial score (nSPS) is 9.52. The number of anilines is 1. The highest BCUT2D eigenvalue weighted by atomic mass is 16.3. The maximum Gasteiger partial charge on any atom is 0.250 e. The van der Waals surface area contributed by atoms with E-state index in [0.29, 0.717) is 11.5 Å². The van der Waals surface area contributed by atoms with Gasteiger partial charge in [-0.2, -0.15) is 0 Å². The molecule has 0 aliphatic carbocycles. The van der Waals surface area contributed by atoms with E-state index in [0.717, 1.165) is 11.1 Å². The molecule has 0 unspecified atom stereocenters. The van der Waals surface area contributed by atoms with Gasteiger partial charge in [-0.15, -0.1) is 0 Å². The molecule has 3 aromatic heterocycles. The third kappa shape index (κ3) is 3.85. The molecule has 0 saturated carbocycles. The summed E-state index contributed by atoms with van der Waals surface area (Å²) >= 11 is 0. The zero-order valence-corrected chi connectivity index (χ0v) is 12.8. The van der Waals surface area contributed by atoms with Crippen LogP contribution in [0.15, 0.2) is 52.1 Å². The molecule has 0 aliphatic heterocycles. The SMILES string of the molecule is C.CC.Cn1cc(-c2cnc(N)nc2-c2ccco2)ccc1=O. The molecule has 2 N–H and O–H groups in total. The molecule has 3 rings (SSSR count). The minimum Gasteiger partial charge on any atom is -0.463 e. The third-order valence-electron chi connectivity index (χ3n) is 2.96. The smallest absolute Gasteiger partial charge is 0.250 e. The number of pyridine rings is 1. The molecule has 0 aromatic carbocycles. The topological polar surface area (TPSA) is 86.9 Å². The predicted octanol–water partition coefficient (Wildman–Crippen LogP) is 3.35. The Morgan fingerprint density at radius 1 is 1.22 bits per heavy atom. The zero-order valence-electron chi connectivity index (χ0n) is 12.8. The van der Waals surface area contributed by atoms with E-state index in [9.17, 15) is 4.79 Å². The number of furan rings is 1. The lowest BCUT2D eigenvalue weighted by atomic mass is 10.1. The van der Waals surface area contributed by atoms with Crippen LogP contribution in [-0.2, 0) is 7.05 Å². The Balaban J connectivity index is 0.000000849. The number of aryl methyl sites for hydroxylation is 1. The van der Waals surface area contributed by atoms with Crippen molar-refractivity contribution in [2.75, 3.05) is 5.73 Å². The van der Waals surface area contributed by atoms with Gasteiger partial charge in [0.25, 0.3) is 0 Å². The van der Waals surface area contributed by atoms with Crippen LogP contribution in [0, 0.1) is 0 Å². The lowest BCUT2D eigenvalue weighted by Crippen LogP contribution is -2.14. The van der Waals surface area contributed by atoms with Gasteiger partial charge in [0.05, 0.1) is 6.26 Å². The highest BCUT2D eigenvalue weighted by molar-refractivity contribution is 5.78. The Hall–Kier alpha value is -2.89. The van der Waals surface area contributed by atoms with Gasteiger partial charge in [0.1, 0.15) is 5.69 Å². The van der Waals surface area contributed by atoms with E-state index < -0.39 is 0 Å². The first-order valence-electron chi connectivity index (χ1n) is 6.98. The van der Waals surface area contributed by atoms with E-state index in [1.54, 1.807) is 43.9 Å². The fourth-order valence-electron chi connectivity index (χ4n) is 1.96. The second-order valence-electron chi connectivity index (χ2n) is 4.33. The highest BCUT2D eigenvalue weighted by Gasteiger charge is 2.13. The fraction of sp³-hybridized carbons (Fsp3) is 0.235. The standard InChI is InChI=1S/C14H12N4O2.C2H6.CH4/c1-18-8-9(4-5-12(18)19)10-7-16-14(15)17-13(10)11-3-2-6-20-11;1-2;/h2-8H,1H3,(H2,15,16,17);1-2H3;1H4. The molecule has 6 heteroatoms. The van der Waals surface area contributed by atoms with E-state index in [1.807, 2.05) is 13.8 Å². The molecule has 23 heavy (non-hydrogen) atoms. The Morgan fingerprint density at radius 3 is 2.57 bits per heavy atom. The summed E-state index contributed by atoms with van der Waals surface area (Å²) in [5.74, 6) is 0.771. The lowest BCUT2D eigenvalue weighted by molar-refractivity contribution is 0.580. The number of aromatic nitrogens is 3. The van der Waals surface area contributed by atoms with E-state index in [2.05, 4.69) is 9.97 Å². The van der Waals surface area contributed by atoms with Crippen molar-refractivity contribution in [1.29, 1.82) is 0 Å². The van der Waals surface area contributed by atoms with Gasteiger partial charge in [0.2, 0.25) is 11.5 Å². The summed E-state index contributed by atoms with van der Waals surface area (Å²) in [4.78, 5) is 19.7. The minimum atomic E-state index is -0.0790. The van der Waals surface area contributed by atoms with Crippen LogP contribution in [0.1, 0.15) is 21.3 Å². The molecular formula is C17H22N4O2. The molecule has 3 heterocycles. The maximum atomic E-state index is 11.5. The van der Waals surface area contributed by atoms with Gasteiger partial charge >= 0.3 is 0 Å². The molecule has 0 atom stereocenters. The summed E-state index contributed by atoms with van der Waals surface area (Å²) < 4.78 is 6.87. The number of hydrogen-bond acceptors (Lipinski definition) is 5. The quantitative estimate of drug-likeness (QED) is 0.783. The van der Waals surface area contributed by atoms with Crippen LogP contribution in [0.3, 0.4) is 0 Å². The van der Waals surface area contributed by atoms with Crippen LogP contribution >= 0.6 is 0 Å². The van der Waals surface area contributed by atoms with Gasteiger partial charge in [-0.1, -0.05) is 21.3 Å². The van der Waals surface area contributed by atoms with Crippen molar-refractivity contribution in [2.24, 2.45) is 7.05 Å². The predicted molar refractivity (Wildman–Crippen MR) is 92.9 cm³/mol. The fourth-order valence-corrected chi connectivity index (χ4v) is 1.96. The summed E-state index contributed by atoms with van der Waals surface area (Å²) in [7, 11) is 1.69. The van der Waals surface area contributed by atoms with Crippen molar-refractivity contribution in [3.63, 3.8) is 0 Å². The molecule has 0 radical (unpaired) electrons. The van der Waals surface area contributed by atoms with E-state index in [4.69, 9.17) is 10.2 Å². The van der Waals surface area contributed by atoms with Crippen LogP contribution in [0.2, 0.25) is 0 Å². The molecule has 0 fully saturated rings. The molecular weight excluding hydrogens is 292 g/mol. The van der Waals surface area contributed by atoms with Crippen LogP contribution in [0.5, 0.6) is 0 Å². The third-order valence-corrected chi connectivity index (χ3v) is 2.96. The van der Waals surface area contributed by atoms with Crippen LogP contribution < -0.4 is 11.3 Å². The van der Waals surface area contributed by atoms with Crippen molar-refractivity contribution in [3.8, 4) is 22.6 Å². The highest BCUT2D eigenvalue weighted by Crippen LogP contribution is 2.29. The zero-order chi connectivity index (χ0) is 16.1. The largest absolute Gasteiger partial charge is 0.463 e. The summed E-state index contributed by atoms with van der Waals surface area (Å²) in [5, 5.41) is 0. The number of nitrogens with zero attached hydrogens (tertiary/aromatic N) is 3. The van der Waals surface area contributed by atoms with Gasteiger partial charge in [-0.05, 0) is 18.2 Å². The molecule has 0 saturated heterocycles. The first kappa shape index (κ1) is 18.2. The molecule has 6 nitrogen and oxygen atoms in total. The Bertz CT molecular complexity index is 808. The van der Waals surface area contributed by atoms with Crippen molar-refractivity contribution in [3.05, 3.63) is 53.3 Å². The summed E-state index contributed by atoms with van der Waals surface area (Å²) in [6, 6.07) is 6.80. The molecule has 0 bridgehead atoms. The number of nitrogens with two attached hydrogens (primary N) is 1. The first-order valence-corrected chi connectivity index (χ1v) is 6.98. The van der Waals surface area contributed by atoms with Gasteiger partial charge in [0, 0.05) is 36.6 Å². The van der Waals surface area contributed by atoms with Crippen molar-refractivity contribution < 1.29 is 4.42 Å². The van der Waals surface area contributed by atoms with Gasteiger partial charge in [0.15, 0.2) is 5.76 Å². The Labute approximate surface area is 135 Å². The number of rotatable bonds is 2. The van der Waals surface area contributed by atoms with Crippen LogP contribution in [0.25, 0.3) is 22.6 Å². The second kappa shape index (κ2) is 7.93. The van der Waals surface area contributed by atoms with E-state index in [-0.39, 0.29) is 18.9 Å². The van der Waals surface area contributed by atoms with Crippen LogP contribution in [0.4, 0.5) is 5.95 Å².